The van der Waals surface area contributed by atoms with Crippen LogP contribution in [0.25, 0.3) is 0 Å². The molecular formula is C20H43Br2N. The highest BCUT2D eigenvalue weighted by atomic mass is 79.9. The van der Waals surface area contributed by atoms with E-state index in [1.807, 2.05) is 0 Å². The van der Waals surface area contributed by atoms with E-state index < -0.39 is 0 Å². The lowest BCUT2D eigenvalue weighted by molar-refractivity contribution is -0.910. The van der Waals surface area contributed by atoms with Gasteiger partial charge >= 0.3 is 0 Å². The van der Waals surface area contributed by atoms with Gasteiger partial charge in [0.25, 0.3) is 0 Å². The van der Waals surface area contributed by atoms with Gasteiger partial charge in [0.05, 0.1) is 26.7 Å². The molecule has 0 aliphatic carbocycles. The first-order valence-corrected chi connectivity index (χ1v) is 11.2. The molecule has 0 radical (unpaired) electrons. The van der Waals surface area contributed by atoms with Crippen LogP contribution < -0.4 is 17.0 Å². The lowest BCUT2D eigenvalue weighted by Gasteiger charge is -2.35. The molecule has 0 heterocycles. The molecule has 23 heavy (non-hydrogen) atoms. The number of halogens is 2. The van der Waals surface area contributed by atoms with Gasteiger partial charge in [-0.2, -0.15) is 0 Å². The molecule has 0 aliphatic heterocycles. The van der Waals surface area contributed by atoms with Crippen LogP contribution in [-0.2, 0) is 0 Å². The first-order valence-electron chi connectivity index (χ1n) is 10.1. The van der Waals surface area contributed by atoms with Gasteiger partial charge in [0.15, 0.2) is 0 Å². The minimum atomic E-state index is 0. The Morgan fingerprint density at radius 3 is 1.30 bits per heavy atom. The summed E-state index contributed by atoms with van der Waals surface area (Å²) >= 11 is 3.61. The van der Waals surface area contributed by atoms with Crippen LogP contribution in [0.15, 0.2) is 0 Å². The van der Waals surface area contributed by atoms with E-state index in [9.17, 15) is 0 Å². The number of rotatable bonds is 17. The van der Waals surface area contributed by atoms with Crippen molar-refractivity contribution in [2.75, 3.05) is 32.0 Å². The molecule has 0 bridgehead atoms. The molecule has 0 saturated carbocycles. The molecule has 0 aromatic rings. The summed E-state index contributed by atoms with van der Waals surface area (Å²) in [7, 11) is 2.50. The number of unbranched alkanes of at least 4 members (excludes halogenated alkanes) is 10. The van der Waals surface area contributed by atoms with E-state index in [0.717, 1.165) is 5.33 Å². The molecule has 0 N–H and O–H groups in total. The van der Waals surface area contributed by atoms with E-state index in [2.05, 4.69) is 36.8 Å². The fraction of sp³-hybridized carbons (Fsp3) is 1.00. The Labute approximate surface area is 166 Å². The molecule has 0 unspecified atom stereocenters. The monoisotopic (exact) mass is 455 g/mol. The first kappa shape index (κ1) is 26.2. The average molecular weight is 457 g/mol. The second-order valence-corrected chi connectivity index (χ2v) is 8.16. The highest BCUT2D eigenvalue weighted by molar-refractivity contribution is 9.09. The Hall–Kier alpha value is 0.920. The molecule has 0 rings (SSSR count). The molecule has 0 aromatic carbocycles. The van der Waals surface area contributed by atoms with Crippen LogP contribution >= 0.6 is 15.9 Å². The van der Waals surface area contributed by atoms with Crippen molar-refractivity contribution in [3.63, 3.8) is 0 Å². The summed E-state index contributed by atoms with van der Waals surface area (Å²) < 4.78 is 1.31. The van der Waals surface area contributed by atoms with Gasteiger partial charge in [0.2, 0.25) is 0 Å². The number of nitrogens with zero attached hydrogens (tertiary/aromatic N) is 1. The maximum atomic E-state index is 3.61. The van der Waals surface area contributed by atoms with Crippen molar-refractivity contribution in [2.45, 2.75) is 97.3 Å². The number of hydrogen-bond acceptors (Lipinski definition) is 0. The molecule has 3 heteroatoms. The summed E-state index contributed by atoms with van der Waals surface area (Å²) in [6, 6.07) is 0. The Balaban J connectivity index is 0. The molecule has 0 amide bonds. The Morgan fingerprint density at radius 2 is 0.913 bits per heavy atom. The minimum Gasteiger partial charge on any atom is -1.00 e. The van der Waals surface area contributed by atoms with Crippen LogP contribution in [0.5, 0.6) is 0 Å². The molecule has 142 valence electrons. The molecule has 0 aliphatic rings. The first-order chi connectivity index (χ1) is 10.7. The highest BCUT2D eigenvalue weighted by Gasteiger charge is 2.19. The van der Waals surface area contributed by atoms with Crippen molar-refractivity contribution >= 4 is 15.9 Å². The molecular weight excluding hydrogens is 414 g/mol. The smallest absolute Gasteiger partial charge is 0.0792 e. The van der Waals surface area contributed by atoms with E-state index in [1.54, 1.807) is 0 Å². The summed E-state index contributed by atoms with van der Waals surface area (Å²) in [5.41, 5.74) is 0. The summed E-state index contributed by atoms with van der Waals surface area (Å²) in [6.07, 6.45) is 18.4. The lowest BCUT2D eigenvalue weighted by atomic mass is 10.1. The molecule has 0 spiro atoms. The van der Waals surface area contributed by atoms with Crippen LogP contribution in [0.1, 0.15) is 97.3 Å². The molecule has 1 nitrogen and oxygen atoms in total. The molecule has 0 fully saturated rings. The van der Waals surface area contributed by atoms with Crippen molar-refractivity contribution in [1.29, 1.82) is 0 Å². The van der Waals surface area contributed by atoms with Crippen molar-refractivity contribution in [3.8, 4) is 0 Å². The van der Waals surface area contributed by atoms with E-state index in [-0.39, 0.29) is 17.0 Å². The van der Waals surface area contributed by atoms with Gasteiger partial charge < -0.3 is 21.5 Å². The average Bonchev–Trinajstić information content (AvgIpc) is 2.52. The van der Waals surface area contributed by atoms with Crippen molar-refractivity contribution < 1.29 is 21.5 Å². The second-order valence-electron chi connectivity index (χ2n) is 7.37. The van der Waals surface area contributed by atoms with E-state index in [0.29, 0.717) is 0 Å². The van der Waals surface area contributed by atoms with Crippen LogP contribution in [0.4, 0.5) is 0 Å². The number of alkyl halides is 1. The predicted molar refractivity (Wildman–Crippen MR) is 106 cm³/mol. The second kappa shape index (κ2) is 19.2. The maximum absolute atomic E-state index is 3.61. The fourth-order valence-corrected chi connectivity index (χ4v) is 3.58. The topological polar surface area (TPSA) is 0 Å². The van der Waals surface area contributed by atoms with Gasteiger partial charge in [-0.3, -0.25) is 0 Å². The van der Waals surface area contributed by atoms with Gasteiger partial charge in [-0.1, -0.05) is 81.1 Å². The zero-order chi connectivity index (χ0) is 16.5. The summed E-state index contributed by atoms with van der Waals surface area (Å²) in [4.78, 5) is 0. The van der Waals surface area contributed by atoms with Gasteiger partial charge in [0, 0.05) is 11.8 Å². The highest BCUT2D eigenvalue weighted by Crippen LogP contribution is 2.14. The third-order valence-electron chi connectivity index (χ3n) is 4.93. The summed E-state index contributed by atoms with van der Waals surface area (Å²) in [5, 5.41) is 1.16. The quantitative estimate of drug-likeness (QED) is 0.176. The Kier molecular flexibility index (Phi) is 21.9. The minimum absolute atomic E-state index is 0. The normalized spacial score (nSPS) is 11.5. The SMILES string of the molecule is CCCCCCCC[N+](C)(CCCBr)CCCCCCCC.[Br-]. The standard InChI is InChI=1S/C20H43BrN.BrH/c1-4-6-8-10-12-14-18-22(3,20-16-17-21)19-15-13-11-9-7-5-2;/h4-20H2,1-3H3;1H/q+1;/p-1. The van der Waals surface area contributed by atoms with Crippen LogP contribution in [-0.4, -0.2) is 36.5 Å². The van der Waals surface area contributed by atoms with Crippen LogP contribution in [0, 0.1) is 0 Å². The van der Waals surface area contributed by atoms with Gasteiger partial charge in [-0.05, 0) is 25.7 Å². The Bertz CT molecular complexity index is 206. The molecule has 0 aromatic heterocycles. The van der Waals surface area contributed by atoms with Crippen molar-refractivity contribution in [1.82, 2.24) is 0 Å². The lowest BCUT2D eigenvalue weighted by Crippen LogP contribution is -3.00. The van der Waals surface area contributed by atoms with Gasteiger partial charge in [-0.15, -0.1) is 0 Å². The molecule has 0 saturated heterocycles. The van der Waals surface area contributed by atoms with Crippen molar-refractivity contribution in [2.24, 2.45) is 0 Å². The maximum Gasteiger partial charge on any atom is 0.0792 e. The third-order valence-corrected chi connectivity index (χ3v) is 5.50. The van der Waals surface area contributed by atoms with E-state index in [1.165, 1.54) is 108 Å². The van der Waals surface area contributed by atoms with Gasteiger partial charge in [0.1, 0.15) is 0 Å². The van der Waals surface area contributed by atoms with Gasteiger partial charge in [-0.25, -0.2) is 0 Å². The largest absolute Gasteiger partial charge is 1.00 e. The number of quaternary nitrogens is 1. The van der Waals surface area contributed by atoms with E-state index in [4.69, 9.17) is 0 Å². The predicted octanol–water partition coefficient (Wildman–Crippen LogP) is 3.94. The fourth-order valence-electron chi connectivity index (χ4n) is 3.32. The molecule has 0 atom stereocenters. The van der Waals surface area contributed by atoms with E-state index >= 15 is 0 Å². The van der Waals surface area contributed by atoms with Crippen LogP contribution in [0.3, 0.4) is 0 Å². The van der Waals surface area contributed by atoms with Crippen molar-refractivity contribution in [3.05, 3.63) is 0 Å². The summed E-state index contributed by atoms with van der Waals surface area (Å²) in [5.74, 6) is 0. The van der Waals surface area contributed by atoms with Crippen LogP contribution in [0.2, 0.25) is 0 Å². The zero-order valence-electron chi connectivity index (χ0n) is 16.2. The number of hydrogen-bond donors (Lipinski definition) is 0. The zero-order valence-corrected chi connectivity index (χ0v) is 19.4. The third kappa shape index (κ3) is 17.5. The summed E-state index contributed by atoms with van der Waals surface area (Å²) in [6.45, 7) is 8.75. The Morgan fingerprint density at radius 1 is 0.565 bits per heavy atom.